The van der Waals surface area contributed by atoms with Gasteiger partial charge < -0.3 is 20.3 Å². The highest BCUT2D eigenvalue weighted by atomic mass is 16.5. The molecule has 2 rings (SSSR count). The number of likely N-dealkylation sites (N-methyl/N-ethyl adjacent to an activating group) is 1. The van der Waals surface area contributed by atoms with E-state index in [1.54, 1.807) is 4.90 Å². The molecule has 1 heterocycles. The molecule has 0 unspecified atom stereocenters. The third-order valence-corrected chi connectivity index (χ3v) is 4.03. The van der Waals surface area contributed by atoms with Crippen LogP contribution in [0.5, 0.6) is 0 Å². The Morgan fingerprint density at radius 3 is 2.29 bits per heavy atom. The molecule has 0 saturated carbocycles. The Bertz CT molecular complexity index is 479. The van der Waals surface area contributed by atoms with Gasteiger partial charge in [0.15, 0.2) is 0 Å². The Morgan fingerprint density at radius 2 is 1.76 bits per heavy atom. The van der Waals surface area contributed by atoms with Crippen molar-refractivity contribution >= 4 is 11.6 Å². The van der Waals surface area contributed by atoms with E-state index in [0.29, 0.717) is 32.6 Å². The summed E-state index contributed by atoms with van der Waals surface area (Å²) in [4.78, 5) is 16.3. The molecule has 0 aromatic heterocycles. The second-order valence-electron chi connectivity index (χ2n) is 5.99. The zero-order valence-corrected chi connectivity index (χ0v) is 13.1. The zero-order valence-electron chi connectivity index (χ0n) is 13.1. The van der Waals surface area contributed by atoms with Crippen LogP contribution in [-0.4, -0.2) is 50.7 Å². The smallest absolute Gasteiger partial charge is 0.242 e. The normalized spacial score (nSPS) is 17.3. The van der Waals surface area contributed by atoms with Crippen molar-refractivity contribution in [1.82, 2.24) is 4.90 Å². The Kier molecular flexibility index (Phi) is 4.85. The van der Waals surface area contributed by atoms with E-state index in [1.807, 2.05) is 33.3 Å². The van der Waals surface area contributed by atoms with Gasteiger partial charge in [-0.05, 0) is 30.5 Å². The number of hydrogen-bond donors (Lipinski definition) is 1. The second kappa shape index (κ2) is 6.45. The molecule has 1 fully saturated rings. The number of nitrogens with zero attached hydrogens (tertiary/aromatic N) is 2. The van der Waals surface area contributed by atoms with Gasteiger partial charge in [-0.25, -0.2) is 0 Å². The molecule has 116 valence electrons. The van der Waals surface area contributed by atoms with Gasteiger partial charge in [-0.1, -0.05) is 12.1 Å². The standard InChI is InChI=1S/C16H25N3O2/c1-18(2)14-6-4-13(5-7-14)12-19(3)15(20)16(17)8-10-21-11-9-16/h4-7H,8-12,17H2,1-3H3. The van der Waals surface area contributed by atoms with Crippen molar-refractivity contribution in [3.8, 4) is 0 Å². The van der Waals surface area contributed by atoms with Crippen molar-refractivity contribution < 1.29 is 9.53 Å². The zero-order chi connectivity index (χ0) is 15.5. The van der Waals surface area contributed by atoms with Gasteiger partial charge in [-0.3, -0.25) is 4.79 Å². The SMILES string of the molecule is CN(Cc1ccc(N(C)C)cc1)C(=O)C1(N)CCOCC1. The van der Waals surface area contributed by atoms with E-state index in [1.165, 1.54) is 0 Å². The number of nitrogens with two attached hydrogens (primary N) is 1. The van der Waals surface area contributed by atoms with Crippen LogP contribution in [0.25, 0.3) is 0 Å². The molecule has 21 heavy (non-hydrogen) atoms. The minimum absolute atomic E-state index is 0.00230. The van der Waals surface area contributed by atoms with Crippen molar-refractivity contribution in [3.05, 3.63) is 29.8 Å². The number of anilines is 1. The number of carbonyl (C=O) groups is 1. The first kappa shape index (κ1) is 15.8. The van der Waals surface area contributed by atoms with Crippen LogP contribution in [0.4, 0.5) is 5.69 Å². The fourth-order valence-electron chi connectivity index (χ4n) is 2.57. The molecule has 2 N–H and O–H groups in total. The molecule has 1 aromatic carbocycles. The average Bonchev–Trinajstić information content (AvgIpc) is 2.47. The summed E-state index contributed by atoms with van der Waals surface area (Å²) >= 11 is 0. The second-order valence-corrected chi connectivity index (χ2v) is 5.99. The van der Waals surface area contributed by atoms with Gasteiger partial charge in [-0.2, -0.15) is 0 Å². The van der Waals surface area contributed by atoms with Crippen LogP contribution >= 0.6 is 0 Å². The summed E-state index contributed by atoms with van der Waals surface area (Å²) in [6, 6.07) is 8.21. The van der Waals surface area contributed by atoms with Crippen LogP contribution in [0.2, 0.25) is 0 Å². The predicted molar refractivity (Wildman–Crippen MR) is 84.2 cm³/mol. The molecule has 0 bridgehead atoms. The summed E-state index contributed by atoms with van der Waals surface area (Å²) in [6.45, 7) is 1.70. The molecule has 5 heteroatoms. The van der Waals surface area contributed by atoms with Gasteiger partial charge >= 0.3 is 0 Å². The van der Waals surface area contributed by atoms with Gasteiger partial charge in [0.05, 0.1) is 5.54 Å². The van der Waals surface area contributed by atoms with Crippen LogP contribution in [0.1, 0.15) is 18.4 Å². The lowest BCUT2D eigenvalue weighted by atomic mass is 9.89. The highest BCUT2D eigenvalue weighted by Gasteiger charge is 2.37. The summed E-state index contributed by atoms with van der Waals surface area (Å²) in [5, 5.41) is 0. The van der Waals surface area contributed by atoms with Gasteiger partial charge in [-0.15, -0.1) is 0 Å². The summed E-state index contributed by atoms with van der Waals surface area (Å²) in [5.41, 5.74) is 7.73. The number of ether oxygens (including phenoxy) is 1. The topological polar surface area (TPSA) is 58.8 Å². The lowest BCUT2D eigenvalue weighted by Crippen LogP contribution is -2.57. The molecule has 1 aliphatic rings. The molecular weight excluding hydrogens is 266 g/mol. The minimum atomic E-state index is -0.767. The Labute approximate surface area is 126 Å². The van der Waals surface area contributed by atoms with Crippen molar-refractivity contribution in [3.63, 3.8) is 0 Å². The van der Waals surface area contributed by atoms with Crippen molar-refractivity contribution in [2.24, 2.45) is 5.73 Å². The van der Waals surface area contributed by atoms with E-state index in [0.717, 1.165) is 11.3 Å². The number of rotatable bonds is 4. The Balaban J connectivity index is 2.00. The van der Waals surface area contributed by atoms with E-state index in [9.17, 15) is 4.79 Å². The van der Waals surface area contributed by atoms with E-state index >= 15 is 0 Å². The molecule has 1 amide bonds. The number of amides is 1. The molecular formula is C16H25N3O2. The molecule has 0 aliphatic carbocycles. The molecule has 0 spiro atoms. The highest BCUT2D eigenvalue weighted by Crippen LogP contribution is 2.21. The predicted octanol–water partition coefficient (Wildman–Crippen LogP) is 1.22. The Morgan fingerprint density at radius 1 is 1.19 bits per heavy atom. The number of hydrogen-bond acceptors (Lipinski definition) is 4. The van der Waals surface area contributed by atoms with Crippen LogP contribution in [-0.2, 0) is 16.1 Å². The van der Waals surface area contributed by atoms with Gasteiger partial charge in [0.1, 0.15) is 0 Å². The highest BCUT2D eigenvalue weighted by molar-refractivity contribution is 5.86. The van der Waals surface area contributed by atoms with Gasteiger partial charge in [0, 0.05) is 46.6 Å². The third kappa shape index (κ3) is 3.74. The molecule has 0 atom stereocenters. The maximum atomic E-state index is 12.5. The maximum Gasteiger partial charge on any atom is 0.242 e. The molecule has 0 radical (unpaired) electrons. The lowest BCUT2D eigenvalue weighted by molar-refractivity contribution is -0.139. The van der Waals surface area contributed by atoms with Gasteiger partial charge in [0.25, 0.3) is 0 Å². The van der Waals surface area contributed by atoms with E-state index in [4.69, 9.17) is 10.5 Å². The monoisotopic (exact) mass is 291 g/mol. The number of carbonyl (C=O) groups excluding carboxylic acids is 1. The molecule has 1 aliphatic heterocycles. The van der Waals surface area contributed by atoms with E-state index in [2.05, 4.69) is 17.0 Å². The van der Waals surface area contributed by atoms with Crippen molar-refractivity contribution in [2.45, 2.75) is 24.9 Å². The Hall–Kier alpha value is -1.59. The lowest BCUT2D eigenvalue weighted by Gasteiger charge is -2.35. The quantitative estimate of drug-likeness (QED) is 0.906. The third-order valence-electron chi connectivity index (χ3n) is 4.03. The molecule has 1 saturated heterocycles. The fraction of sp³-hybridized carbons (Fsp3) is 0.562. The first-order valence-corrected chi connectivity index (χ1v) is 7.31. The molecule has 5 nitrogen and oxygen atoms in total. The fourth-order valence-corrected chi connectivity index (χ4v) is 2.57. The maximum absolute atomic E-state index is 12.5. The number of benzene rings is 1. The summed E-state index contributed by atoms with van der Waals surface area (Å²) in [6.07, 6.45) is 1.19. The van der Waals surface area contributed by atoms with Crippen molar-refractivity contribution in [2.75, 3.05) is 39.3 Å². The van der Waals surface area contributed by atoms with Crippen LogP contribution in [0, 0.1) is 0 Å². The van der Waals surface area contributed by atoms with E-state index in [-0.39, 0.29) is 5.91 Å². The first-order chi connectivity index (χ1) is 9.92. The first-order valence-electron chi connectivity index (χ1n) is 7.31. The van der Waals surface area contributed by atoms with Crippen LogP contribution in [0.15, 0.2) is 24.3 Å². The van der Waals surface area contributed by atoms with Crippen LogP contribution < -0.4 is 10.6 Å². The van der Waals surface area contributed by atoms with Crippen LogP contribution in [0.3, 0.4) is 0 Å². The summed E-state index contributed by atoms with van der Waals surface area (Å²) < 4.78 is 5.29. The van der Waals surface area contributed by atoms with Gasteiger partial charge in [0.2, 0.25) is 5.91 Å². The summed E-state index contributed by atoms with van der Waals surface area (Å²) in [5.74, 6) is 0.00230. The average molecular weight is 291 g/mol. The van der Waals surface area contributed by atoms with Crippen molar-refractivity contribution in [1.29, 1.82) is 0 Å². The van der Waals surface area contributed by atoms with E-state index < -0.39 is 5.54 Å². The minimum Gasteiger partial charge on any atom is -0.381 e. The largest absolute Gasteiger partial charge is 0.381 e. The molecule has 1 aromatic rings. The summed E-state index contributed by atoms with van der Waals surface area (Å²) in [7, 11) is 5.83.